The highest BCUT2D eigenvalue weighted by Gasteiger charge is 2.05. The Balaban J connectivity index is 1.79. The van der Waals surface area contributed by atoms with E-state index in [1.165, 1.54) is 6.07 Å². The predicted molar refractivity (Wildman–Crippen MR) is 96.8 cm³/mol. The molecule has 0 spiro atoms. The summed E-state index contributed by atoms with van der Waals surface area (Å²) in [4.78, 5) is 23.5. The largest absolute Gasteiger partial charge is 0.451 e. The van der Waals surface area contributed by atoms with E-state index >= 15 is 0 Å². The lowest BCUT2D eigenvalue weighted by atomic mass is 10.1. The van der Waals surface area contributed by atoms with Crippen LogP contribution in [0, 0.1) is 11.8 Å². The number of thiol groups is 1. The number of hydrogen-bond acceptors (Lipinski definition) is 5. The maximum Gasteiger partial charge on any atom is 0.384 e. The van der Waals surface area contributed by atoms with Crippen molar-refractivity contribution in [2.75, 3.05) is 6.54 Å². The van der Waals surface area contributed by atoms with Crippen molar-refractivity contribution < 1.29 is 22.7 Å². The number of esters is 1. The highest BCUT2D eigenvalue weighted by molar-refractivity contribution is 7.71. The Morgan fingerprint density at radius 2 is 1.73 bits per heavy atom. The summed E-state index contributed by atoms with van der Waals surface area (Å²) >= 11 is 0. The molecule has 7 heteroatoms. The number of hydrogen-bond donors (Lipinski definition) is 2. The maximum absolute atomic E-state index is 12.0. The number of amides is 1. The molecule has 0 saturated carbocycles. The van der Waals surface area contributed by atoms with Gasteiger partial charge in [-0.1, -0.05) is 48.4 Å². The van der Waals surface area contributed by atoms with Crippen LogP contribution < -0.4 is 5.32 Å². The van der Waals surface area contributed by atoms with Gasteiger partial charge in [0, 0.05) is 11.5 Å². The van der Waals surface area contributed by atoms with Crippen LogP contribution in [-0.4, -0.2) is 26.8 Å². The van der Waals surface area contributed by atoms with Crippen molar-refractivity contribution in [3.63, 3.8) is 0 Å². The van der Waals surface area contributed by atoms with Gasteiger partial charge in [-0.15, -0.1) is 0 Å². The molecular weight excluding hydrogens is 354 g/mol. The van der Waals surface area contributed by atoms with E-state index in [1.807, 2.05) is 30.3 Å². The zero-order chi connectivity index (χ0) is 18.8. The molecule has 2 rings (SSSR count). The molecule has 0 aliphatic carbocycles. The quantitative estimate of drug-likeness (QED) is 0.346. The zero-order valence-electron chi connectivity index (χ0n) is 13.8. The van der Waals surface area contributed by atoms with Crippen molar-refractivity contribution in [3.05, 3.63) is 71.3 Å². The van der Waals surface area contributed by atoms with Crippen LogP contribution in [0.5, 0.6) is 0 Å². The molecule has 0 unspecified atom stereocenters. The molecule has 0 aliphatic rings. The van der Waals surface area contributed by atoms with Crippen LogP contribution in [0.1, 0.15) is 21.5 Å². The summed E-state index contributed by atoms with van der Waals surface area (Å²) in [7, 11) is -2.56. The molecule has 2 aromatic rings. The van der Waals surface area contributed by atoms with E-state index in [0.717, 1.165) is 5.56 Å². The Morgan fingerprint density at radius 1 is 1.00 bits per heavy atom. The van der Waals surface area contributed by atoms with Crippen LogP contribution in [0.3, 0.4) is 0 Å². The first-order chi connectivity index (χ1) is 12.5. The van der Waals surface area contributed by atoms with Crippen LogP contribution in [0.2, 0.25) is 0 Å². The van der Waals surface area contributed by atoms with Crippen LogP contribution >= 0.6 is 0 Å². The van der Waals surface area contributed by atoms with Gasteiger partial charge < -0.3 is 10.1 Å². The van der Waals surface area contributed by atoms with Crippen LogP contribution in [0.15, 0.2) is 54.6 Å². The van der Waals surface area contributed by atoms with E-state index in [-0.39, 0.29) is 18.9 Å². The van der Waals surface area contributed by atoms with Gasteiger partial charge in [0.05, 0.1) is 12.3 Å². The van der Waals surface area contributed by atoms with Gasteiger partial charge in [-0.05, 0) is 23.3 Å². The van der Waals surface area contributed by atoms with E-state index in [2.05, 4.69) is 17.2 Å². The summed E-state index contributed by atoms with van der Waals surface area (Å²) in [5.74, 6) is 3.61. The van der Waals surface area contributed by atoms with Crippen molar-refractivity contribution in [2.45, 2.75) is 12.4 Å². The Labute approximate surface area is 153 Å². The average Bonchev–Trinajstić information content (AvgIpc) is 2.64. The standard InChI is InChI=1S/C19H17NO5S/c21-18(25-13-15-6-2-1-3-7-15)10-5-11-20-19(22)17-9-4-8-16(12-17)14-26(23)24/h1-4,6-9,12,26H,11,13-14H2,(H,20,22). The van der Waals surface area contributed by atoms with Gasteiger partial charge in [-0.25, -0.2) is 13.2 Å². The molecule has 0 fully saturated rings. The number of carbonyl (C=O) groups is 2. The van der Waals surface area contributed by atoms with E-state index in [9.17, 15) is 18.0 Å². The summed E-state index contributed by atoms with van der Waals surface area (Å²) < 4.78 is 26.5. The highest BCUT2D eigenvalue weighted by atomic mass is 32.2. The van der Waals surface area contributed by atoms with E-state index in [0.29, 0.717) is 11.1 Å². The Hall–Kier alpha value is -3.11. The van der Waals surface area contributed by atoms with Crippen molar-refractivity contribution in [2.24, 2.45) is 0 Å². The monoisotopic (exact) mass is 371 g/mol. The summed E-state index contributed by atoms with van der Waals surface area (Å²) in [6.07, 6.45) is 0. The molecule has 26 heavy (non-hydrogen) atoms. The molecule has 0 radical (unpaired) electrons. The van der Waals surface area contributed by atoms with E-state index in [1.54, 1.807) is 18.2 Å². The third-order valence-electron chi connectivity index (χ3n) is 3.24. The molecule has 0 aromatic heterocycles. The molecule has 1 amide bonds. The Kier molecular flexibility index (Phi) is 7.40. The number of ether oxygens (including phenoxy) is 1. The Morgan fingerprint density at radius 3 is 2.46 bits per heavy atom. The van der Waals surface area contributed by atoms with Gasteiger partial charge in [-0.3, -0.25) is 4.79 Å². The van der Waals surface area contributed by atoms with E-state index < -0.39 is 22.6 Å². The molecule has 6 nitrogen and oxygen atoms in total. The second-order valence-corrected chi connectivity index (χ2v) is 6.22. The summed E-state index contributed by atoms with van der Waals surface area (Å²) in [5.41, 5.74) is 1.72. The topological polar surface area (TPSA) is 89.5 Å². The molecule has 134 valence electrons. The summed E-state index contributed by atoms with van der Waals surface area (Å²) in [6, 6.07) is 15.5. The number of benzene rings is 2. The maximum atomic E-state index is 12.0. The summed E-state index contributed by atoms with van der Waals surface area (Å²) in [6.45, 7) is 0.106. The van der Waals surface area contributed by atoms with Crippen LogP contribution in [0.25, 0.3) is 0 Å². The fraction of sp³-hybridized carbons (Fsp3) is 0.158. The second kappa shape index (κ2) is 10.0. The molecule has 0 heterocycles. The molecular formula is C19H17NO5S. The minimum absolute atomic E-state index is 0.0285. The van der Waals surface area contributed by atoms with E-state index in [4.69, 9.17) is 4.74 Å². The molecule has 1 N–H and O–H groups in total. The zero-order valence-corrected chi connectivity index (χ0v) is 14.7. The second-order valence-electron chi connectivity index (χ2n) is 5.24. The van der Waals surface area contributed by atoms with Crippen molar-refractivity contribution in [1.29, 1.82) is 0 Å². The van der Waals surface area contributed by atoms with Gasteiger partial charge in [0.2, 0.25) is 0 Å². The van der Waals surface area contributed by atoms with Gasteiger partial charge in [0.1, 0.15) is 17.3 Å². The predicted octanol–water partition coefficient (Wildman–Crippen LogP) is 1.27. The van der Waals surface area contributed by atoms with Crippen LogP contribution in [-0.2, 0) is 32.6 Å². The van der Waals surface area contributed by atoms with Gasteiger partial charge in [0.15, 0.2) is 0 Å². The van der Waals surface area contributed by atoms with Crippen molar-refractivity contribution in [3.8, 4) is 11.8 Å². The number of nitrogens with one attached hydrogen (secondary N) is 1. The Bertz CT molecular complexity index is 902. The number of rotatable bonds is 6. The first-order valence-corrected chi connectivity index (χ1v) is 9.09. The minimum atomic E-state index is -2.56. The molecule has 2 aromatic carbocycles. The third-order valence-corrected chi connectivity index (χ3v) is 3.86. The lowest BCUT2D eigenvalue weighted by Gasteiger charge is -2.03. The minimum Gasteiger partial charge on any atom is -0.451 e. The fourth-order valence-corrected chi connectivity index (χ4v) is 2.56. The summed E-state index contributed by atoms with van der Waals surface area (Å²) in [5, 5.41) is 2.54. The van der Waals surface area contributed by atoms with Crippen LogP contribution in [0.4, 0.5) is 0 Å². The third kappa shape index (κ3) is 6.79. The first kappa shape index (κ1) is 19.2. The van der Waals surface area contributed by atoms with Gasteiger partial charge in [0.25, 0.3) is 5.91 Å². The van der Waals surface area contributed by atoms with Crippen molar-refractivity contribution in [1.82, 2.24) is 5.32 Å². The highest BCUT2D eigenvalue weighted by Crippen LogP contribution is 2.06. The molecule has 0 aliphatic heterocycles. The average molecular weight is 371 g/mol. The smallest absolute Gasteiger partial charge is 0.384 e. The normalized spacial score (nSPS) is 9.88. The molecule has 0 atom stereocenters. The first-order valence-electron chi connectivity index (χ1n) is 7.73. The van der Waals surface area contributed by atoms with Gasteiger partial charge in [-0.2, -0.15) is 0 Å². The molecule has 0 bridgehead atoms. The lowest BCUT2D eigenvalue weighted by Crippen LogP contribution is -2.23. The number of carbonyl (C=O) groups excluding carboxylic acids is 2. The SMILES string of the molecule is O=C(C#CCNC(=O)c1cccc(C[SH](=O)=O)c1)OCc1ccccc1. The van der Waals surface area contributed by atoms with Gasteiger partial charge >= 0.3 is 5.97 Å². The lowest BCUT2D eigenvalue weighted by molar-refractivity contribution is -0.137. The van der Waals surface area contributed by atoms with Crippen molar-refractivity contribution >= 4 is 22.6 Å². The molecule has 0 saturated heterocycles. The fourth-order valence-electron chi connectivity index (χ4n) is 2.06.